The lowest BCUT2D eigenvalue weighted by molar-refractivity contribution is 0.415. The number of anilines is 2. The Bertz CT molecular complexity index is 530. The summed E-state index contributed by atoms with van der Waals surface area (Å²) in [5, 5.41) is 0. The van der Waals surface area contributed by atoms with Gasteiger partial charge in [-0.25, -0.2) is 8.42 Å². The number of methoxy groups -OCH3 is 1. The second kappa shape index (κ2) is 5.03. The van der Waals surface area contributed by atoms with Crippen LogP contribution in [-0.2, 0) is 10.0 Å². The number of sulfonamides is 1. The van der Waals surface area contributed by atoms with E-state index in [2.05, 4.69) is 5.43 Å². The highest BCUT2D eigenvalue weighted by Gasteiger charge is 2.28. The lowest BCUT2D eigenvalue weighted by atomic mass is 10.2. The van der Waals surface area contributed by atoms with E-state index in [0.29, 0.717) is 30.1 Å². The molecule has 0 atom stereocenters. The number of hydrogen-bond donors (Lipinski definition) is 2. The number of hydrogen-bond acceptors (Lipinski definition) is 5. The van der Waals surface area contributed by atoms with Crippen molar-refractivity contribution in [3.63, 3.8) is 0 Å². The van der Waals surface area contributed by atoms with Gasteiger partial charge in [-0.05, 0) is 25.0 Å². The van der Waals surface area contributed by atoms with Crippen molar-refractivity contribution in [1.82, 2.24) is 0 Å². The van der Waals surface area contributed by atoms with E-state index in [0.717, 1.165) is 6.42 Å². The minimum atomic E-state index is -3.23. The van der Waals surface area contributed by atoms with Crippen LogP contribution in [0.15, 0.2) is 18.2 Å². The van der Waals surface area contributed by atoms with Crippen LogP contribution in [0.25, 0.3) is 0 Å². The first kappa shape index (κ1) is 13.0. The molecule has 1 aliphatic rings. The molecule has 1 aromatic carbocycles. The maximum atomic E-state index is 12.0. The van der Waals surface area contributed by atoms with Gasteiger partial charge in [-0.2, -0.15) is 0 Å². The van der Waals surface area contributed by atoms with E-state index in [9.17, 15) is 8.42 Å². The zero-order valence-corrected chi connectivity index (χ0v) is 11.0. The zero-order valence-electron chi connectivity index (χ0n) is 10.2. The summed E-state index contributed by atoms with van der Waals surface area (Å²) < 4.78 is 30.7. The lowest BCUT2D eigenvalue weighted by Crippen LogP contribution is -2.38. The van der Waals surface area contributed by atoms with Crippen LogP contribution in [0, 0.1) is 0 Å². The van der Waals surface area contributed by atoms with E-state index in [4.69, 9.17) is 10.6 Å². The van der Waals surface area contributed by atoms with Crippen LogP contribution in [0.4, 0.5) is 11.4 Å². The Morgan fingerprint density at radius 3 is 2.78 bits per heavy atom. The fourth-order valence-corrected chi connectivity index (χ4v) is 3.68. The maximum Gasteiger partial charge on any atom is 0.235 e. The molecule has 18 heavy (non-hydrogen) atoms. The van der Waals surface area contributed by atoms with Crippen molar-refractivity contribution in [2.24, 2.45) is 5.84 Å². The first-order valence-corrected chi connectivity index (χ1v) is 7.34. The molecule has 0 saturated carbocycles. The van der Waals surface area contributed by atoms with Crippen molar-refractivity contribution in [2.75, 3.05) is 29.1 Å². The van der Waals surface area contributed by atoms with Crippen LogP contribution < -0.4 is 20.3 Å². The van der Waals surface area contributed by atoms with Crippen molar-refractivity contribution >= 4 is 21.4 Å². The normalized spacial score (nSPS) is 18.4. The largest absolute Gasteiger partial charge is 0.494 e. The average Bonchev–Trinajstić information content (AvgIpc) is 2.37. The molecule has 0 aromatic heterocycles. The second-order valence-electron chi connectivity index (χ2n) is 4.13. The van der Waals surface area contributed by atoms with Crippen molar-refractivity contribution in [3.05, 3.63) is 18.2 Å². The summed E-state index contributed by atoms with van der Waals surface area (Å²) in [5.74, 6) is 6.00. The van der Waals surface area contributed by atoms with E-state index in [1.807, 2.05) is 0 Å². The molecular weight excluding hydrogens is 254 g/mol. The summed E-state index contributed by atoms with van der Waals surface area (Å²) in [4.78, 5) is 0. The van der Waals surface area contributed by atoms with Gasteiger partial charge in [0.15, 0.2) is 0 Å². The van der Waals surface area contributed by atoms with Gasteiger partial charge in [0, 0.05) is 12.6 Å². The van der Waals surface area contributed by atoms with Crippen LogP contribution in [0.1, 0.15) is 12.8 Å². The average molecular weight is 271 g/mol. The minimum Gasteiger partial charge on any atom is -0.494 e. The summed E-state index contributed by atoms with van der Waals surface area (Å²) in [6.45, 7) is 0.494. The van der Waals surface area contributed by atoms with Gasteiger partial charge in [-0.15, -0.1) is 0 Å². The third-order valence-corrected chi connectivity index (χ3v) is 4.82. The fourth-order valence-electron chi connectivity index (χ4n) is 2.03. The van der Waals surface area contributed by atoms with E-state index in [-0.39, 0.29) is 5.75 Å². The molecule has 1 aliphatic heterocycles. The van der Waals surface area contributed by atoms with Crippen LogP contribution in [0.5, 0.6) is 5.75 Å². The number of nitrogen functional groups attached to an aromatic ring is 1. The Morgan fingerprint density at radius 1 is 1.39 bits per heavy atom. The summed E-state index contributed by atoms with van der Waals surface area (Å²) in [6.07, 6.45) is 1.57. The van der Waals surface area contributed by atoms with E-state index in [1.54, 1.807) is 18.2 Å². The summed E-state index contributed by atoms with van der Waals surface area (Å²) in [7, 11) is -1.72. The molecule has 0 bridgehead atoms. The highest BCUT2D eigenvalue weighted by atomic mass is 32.2. The lowest BCUT2D eigenvalue weighted by Gasteiger charge is -2.29. The minimum absolute atomic E-state index is 0.188. The molecule has 0 radical (unpaired) electrons. The quantitative estimate of drug-likeness (QED) is 0.630. The van der Waals surface area contributed by atoms with Gasteiger partial charge in [0.25, 0.3) is 0 Å². The van der Waals surface area contributed by atoms with E-state index >= 15 is 0 Å². The smallest absolute Gasteiger partial charge is 0.235 e. The first-order valence-electron chi connectivity index (χ1n) is 5.73. The van der Waals surface area contributed by atoms with Crippen LogP contribution in [0.2, 0.25) is 0 Å². The van der Waals surface area contributed by atoms with E-state index in [1.165, 1.54) is 11.4 Å². The highest BCUT2D eigenvalue weighted by molar-refractivity contribution is 7.92. The second-order valence-corrected chi connectivity index (χ2v) is 6.14. The topological polar surface area (TPSA) is 84.7 Å². The summed E-state index contributed by atoms with van der Waals surface area (Å²) in [5.41, 5.74) is 3.74. The molecule has 0 aliphatic carbocycles. The van der Waals surface area contributed by atoms with Gasteiger partial charge in [-0.3, -0.25) is 10.1 Å². The molecule has 2 rings (SSSR count). The molecular formula is C11H17N3O3S. The molecule has 1 heterocycles. The Hall–Kier alpha value is -1.47. The molecule has 0 amide bonds. The number of ether oxygens (including phenoxy) is 1. The molecule has 7 heteroatoms. The van der Waals surface area contributed by atoms with Gasteiger partial charge < -0.3 is 10.2 Å². The van der Waals surface area contributed by atoms with Crippen molar-refractivity contribution in [2.45, 2.75) is 12.8 Å². The third-order valence-electron chi connectivity index (χ3n) is 2.96. The van der Waals surface area contributed by atoms with Crippen LogP contribution in [0.3, 0.4) is 0 Å². The number of rotatable bonds is 3. The van der Waals surface area contributed by atoms with Gasteiger partial charge in [0.2, 0.25) is 10.0 Å². The Balaban J connectivity index is 2.43. The maximum absolute atomic E-state index is 12.0. The van der Waals surface area contributed by atoms with Crippen molar-refractivity contribution in [1.29, 1.82) is 0 Å². The molecule has 0 spiro atoms. The third kappa shape index (κ3) is 2.37. The first-order chi connectivity index (χ1) is 8.58. The van der Waals surface area contributed by atoms with Crippen molar-refractivity contribution < 1.29 is 13.2 Å². The molecule has 1 fully saturated rings. The molecule has 100 valence electrons. The summed E-state index contributed by atoms with van der Waals surface area (Å²) >= 11 is 0. The molecule has 0 unspecified atom stereocenters. The molecule has 1 aromatic rings. The van der Waals surface area contributed by atoms with Crippen LogP contribution >= 0.6 is 0 Å². The Morgan fingerprint density at radius 2 is 2.17 bits per heavy atom. The SMILES string of the molecule is COc1cc(NN)ccc1N1CCCCS1(=O)=O. The predicted molar refractivity (Wildman–Crippen MR) is 71.2 cm³/mol. The predicted octanol–water partition coefficient (Wildman–Crippen LogP) is 0.911. The Kier molecular flexibility index (Phi) is 3.63. The number of hydrazine groups is 1. The summed E-state index contributed by atoms with van der Waals surface area (Å²) in [6, 6.07) is 5.11. The fraction of sp³-hybridized carbons (Fsp3) is 0.455. The standard InChI is InChI=1S/C11H17N3O3S/c1-17-11-8-9(13-12)4-5-10(11)14-6-2-3-7-18(14,15)16/h4-5,8,13H,2-3,6-7,12H2,1H3. The Labute approximate surface area is 107 Å². The van der Waals surface area contributed by atoms with Gasteiger partial charge in [-0.1, -0.05) is 0 Å². The number of nitrogens with one attached hydrogen (secondary N) is 1. The highest BCUT2D eigenvalue weighted by Crippen LogP contribution is 2.34. The molecule has 6 nitrogen and oxygen atoms in total. The van der Waals surface area contributed by atoms with Gasteiger partial charge in [0.05, 0.1) is 24.2 Å². The number of nitrogens with zero attached hydrogens (tertiary/aromatic N) is 1. The van der Waals surface area contributed by atoms with Gasteiger partial charge in [0.1, 0.15) is 5.75 Å². The van der Waals surface area contributed by atoms with Crippen LogP contribution in [-0.4, -0.2) is 27.8 Å². The number of benzene rings is 1. The zero-order chi connectivity index (χ0) is 13.2. The number of nitrogens with two attached hydrogens (primary N) is 1. The van der Waals surface area contributed by atoms with E-state index < -0.39 is 10.0 Å². The molecule has 3 N–H and O–H groups in total. The monoisotopic (exact) mass is 271 g/mol. The molecule has 1 saturated heterocycles. The van der Waals surface area contributed by atoms with Gasteiger partial charge >= 0.3 is 0 Å². The van der Waals surface area contributed by atoms with Crippen molar-refractivity contribution in [3.8, 4) is 5.75 Å².